The standard InChI is InChI=1S/C40H32Cl2N2O4/c41-39-30-12-5-6-13-31(30)40(42,33-15-8-7-14-32(33)39)36-35(39)37(46)44(38(36)47)23-9-1-2-16-34(45)43-27-18-21-28(22-19-27)48-29-20-17-25-10-3-4-11-26(25)24-29/h3-8,10-15,17-22,24,35-36H,1-2,9,16,23H2,(H,43,45)/t35-,36+,39?,40?. The molecular weight excluding hydrogens is 643 g/mol. The number of fused-ring (bicyclic) bond motifs is 1. The van der Waals surface area contributed by atoms with Gasteiger partial charge in [0.25, 0.3) is 0 Å². The number of unbranched alkanes of at least 4 members (excludes halogenated alkanes) is 2. The number of hydrogen-bond acceptors (Lipinski definition) is 4. The third kappa shape index (κ3) is 4.73. The molecule has 8 heteroatoms. The molecule has 5 aromatic rings. The Balaban J connectivity index is 0.861. The number of ether oxygens (including phenoxy) is 1. The second kappa shape index (κ2) is 11.8. The summed E-state index contributed by atoms with van der Waals surface area (Å²) < 4.78 is 6.01. The van der Waals surface area contributed by atoms with E-state index in [0.717, 1.165) is 38.8 Å². The average Bonchev–Trinajstić information content (AvgIpc) is 3.37. The smallest absolute Gasteiger partial charge is 0.235 e. The van der Waals surface area contributed by atoms with Crippen molar-refractivity contribution in [2.45, 2.75) is 35.4 Å². The van der Waals surface area contributed by atoms with Gasteiger partial charge in [-0.05, 0) is 82.3 Å². The highest BCUT2D eigenvalue weighted by molar-refractivity contribution is 6.36. The Morgan fingerprint density at radius 1 is 0.646 bits per heavy atom. The molecule has 1 fully saturated rings. The molecule has 0 aromatic heterocycles. The summed E-state index contributed by atoms with van der Waals surface area (Å²) in [5.74, 6) is -0.811. The fourth-order valence-electron chi connectivity index (χ4n) is 7.87. The van der Waals surface area contributed by atoms with E-state index in [1.807, 2.05) is 109 Å². The number of hydrogen-bond donors (Lipinski definition) is 1. The minimum atomic E-state index is -1.17. The van der Waals surface area contributed by atoms with Crippen LogP contribution in [0.25, 0.3) is 10.8 Å². The molecule has 1 saturated heterocycles. The summed E-state index contributed by atoms with van der Waals surface area (Å²) in [4.78, 5) is 39.6. The number of alkyl halides is 2. The summed E-state index contributed by atoms with van der Waals surface area (Å²) in [6, 6.07) is 36.6. The molecule has 5 aromatic carbocycles. The molecule has 1 heterocycles. The van der Waals surface area contributed by atoms with Gasteiger partial charge in [0.2, 0.25) is 17.7 Å². The average molecular weight is 676 g/mol. The topological polar surface area (TPSA) is 75.7 Å². The molecule has 1 aliphatic heterocycles. The highest BCUT2D eigenvalue weighted by Gasteiger charge is 2.72. The van der Waals surface area contributed by atoms with Gasteiger partial charge in [0, 0.05) is 18.7 Å². The van der Waals surface area contributed by atoms with Crippen LogP contribution in [0.1, 0.15) is 47.9 Å². The summed E-state index contributed by atoms with van der Waals surface area (Å²) in [7, 11) is 0. The van der Waals surface area contributed by atoms with Crippen molar-refractivity contribution in [1.82, 2.24) is 4.90 Å². The summed E-state index contributed by atoms with van der Waals surface area (Å²) in [6.07, 6.45) is 2.20. The number of nitrogens with one attached hydrogen (secondary N) is 1. The second-order valence-electron chi connectivity index (χ2n) is 12.8. The highest BCUT2D eigenvalue weighted by Crippen LogP contribution is 2.69. The van der Waals surface area contributed by atoms with Gasteiger partial charge in [-0.3, -0.25) is 19.3 Å². The molecule has 240 valence electrons. The lowest BCUT2D eigenvalue weighted by molar-refractivity contribution is -0.140. The van der Waals surface area contributed by atoms with Crippen LogP contribution in [-0.2, 0) is 24.1 Å². The zero-order valence-corrected chi connectivity index (χ0v) is 27.5. The van der Waals surface area contributed by atoms with Gasteiger partial charge in [0.1, 0.15) is 21.2 Å². The number of carbonyl (C=O) groups is 3. The maximum Gasteiger partial charge on any atom is 0.235 e. The van der Waals surface area contributed by atoms with E-state index in [-0.39, 0.29) is 24.3 Å². The normalized spacial score (nSPS) is 23.5. The molecule has 3 aliphatic carbocycles. The van der Waals surface area contributed by atoms with Gasteiger partial charge in [0.15, 0.2) is 0 Å². The van der Waals surface area contributed by atoms with E-state index in [2.05, 4.69) is 11.4 Å². The van der Waals surface area contributed by atoms with Crippen molar-refractivity contribution in [3.8, 4) is 11.5 Å². The molecule has 0 unspecified atom stereocenters. The van der Waals surface area contributed by atoms with E-state index in [1.165, 1.54) is 4.90 Å². The maximum atomic E-state index is 13.9. The summed E-state index contributed by atoms with van der Waals surface area (Å²) in [5.41, 5.74) is 3.86. The number of anilines is 1. The number of nitrogens with zero attached hydrogens (tertiary/aromatic N) is 1. The first-order chi connectivity index (χ1) is 23.3. The summed E-state index contributed by atoms with van der Waals surface area (Å²) in [6.45, 7) is 0.261. The molecule has 4 aliphatic rings. The van der Waals surface area contributed by atoms with Crippen LogP contribution in [-0.4, -0.2) is 29.2 Å². The Hall–Kier alpha value is -4.65. The number of rotatable bonds is 9. The minimum absolute atomic E-state index is 0.0992. The van der Waals surface area contributed by atoms with E-state index in [4.69, 9.17) is 27.9 Å². The van der Waals surface area contributed by atoms with Crippen LogP contribution in [0, 0.1) is 11.8 Å². The third-order valence-electron chi connectivity index (χ3n) is 10.1. The van der Waals surface area contributed by atoms with Crippen LogP contribution in [0.5, 0.6) is 11.5 Å². The molecule has 0 saturated carbocycles. The van der Waals surface area contributed by atoms with Crippen molar-refractivity contribution in [3.05, 3.63) is 138 Å². The molecule has 2 bridgehead atoms. The molecule has 3 amide bonds. The van der Waals surface area contributed by atoms with Crippen molar-refractivity contribution in [3.63, 3.8) is 0 Å². The van der Waals surface area contributed by atoms with Gasteiger partial charge < -0.3 is 10.1 Å². The molecule has 1 N–H and O–H groups in total. The summed E-state index contributed by atoms with van der Waals surface area (Å²) >= 11 is 15.0. The predicted octanol–water partition coefficient (Wildman–Crippen LogP) is 8.72. The number of benzene rings is 5. The van der Waals surface area contributed by atoms with Crippen molar-refractivity contribution in [2.24, 2.45) is 11.8 Å². The molecule has 0 spiro atoms. The van der Waals surface area contributed by atoms with Gasteiger partial charge >= 0.3 is 0 Å². The number of amides is 3. The van der Waals surface area contributed by atoms with Gasteiger partial charge in [-0.2, -0.15) is 0 Å². The molecule has 0 radical (unpaired) electrons. The lowest BCUT2D eigenvalue weighted by Gasteiger charge is -2.54. The lowest BCUT2D eigenvalue weighted by atomic mass is 9.54. The zero-order valence-electron chi connectivity index (χ0n) is 26.0. The minimum Gasteiger partial charge on any atom is -0.457 e. The van der Waals surface area contributed by atoms with Gasteiger partial charge in [-0.15, -0.1) is 23.2 Å². The van der Waals surface area contributed by atoms with Gasteiger partial charge in [-0.1, -0.05) is 85.3 Å². The first-order valence-corrected chi connectivity index (χ1v) is 17.1. The monoisotopic (exact) mass is 674 g/mol. The van der Waals surface area contributed by atoms with E-state index in [9.17, 15) is 14.4 Å². The summed E-state index contributed by atoms with van der Waals surface area (Å²) in [5, 5.41) is 5.19. The fraction of sp³-hybridized carbons (Fsp3) is 0.225. The third-order valence-corrected chi connectivity index (χ3v) is 11.3. The largest absolute Gasteiger partial charge is 0.457 e. The van der Waals surface area contributed by atoms with Crippen molar-refractivity contribution >= 4 is 57.4 Å². The number of halogens is 2. The molecule has 6 nitrogen and oxygen atoms in total. The Morgan fingerprint density at radius 3 is 1.75 bits per heavy atom. The Labute approximate surface area is 288 Å². The molecular formula is C40H32Cl2N2O4. The van der Waals surface area contributed by atoms with E-state index < -0.39 is 21.6 Å². The van der Waals surface area contributed by atoms with Crippen molar-refractivity contribution in [1.29, 1.82) is 0 Å². The number of likely N-dealkylation sites (tertiary alicyclic amines) is 1. The van der Waals surface area contributed by atoms with E-state index in [0.29, 0.717) is 37.1 Å². The van der Waals surface area contributed by atoms with Crippen LogP contribution in [0.2, 0.25) is 0 Å². The zero-order chi connectivity index (χ0) is 33.0. The Bertz CT molecular complexity index is 1970. The quantitative estimate of drug-likeness (QED) is 0.0964. The van der Waals surface area contributed by atoms with Crippen molar-refractivity contribution < 1.29 is 19.1 Å². The van der Waals surface area contributed by atoms with Crippen LogP contribution < -0.4 is 10.1 Å². The lowest BCUT2D eigenvalue weighted by Crippen LogP contribution is -2.57. The van der Waals surface area contributed by atoms with Gasteiger partial charge in [0.05, 0.1) is 11.8 Å². The molecule has 48 heavy (non-hydrogen) atoms. The van der Waals surface area contributed by atoms with Crippen molar-refractivity contribution in [2.75, 3.05) is 11.9 Å². The molecule has 2 atom stereocenters. The highest BCUT2D eigenvalue weighted by atomic mass is 35.5. The van der Waals surface area contributed by atoms with Crippen LogP contribution >= 0.6 is 23.2 Å². The fourth-order valence-corrected chi connectivity index (χ4v) is 8.97. The molecule has 9 rings (SSSR count). The van der Waals surface area contributed by atoms with E-state index >= 15 is 0 Å². The number of imide groups is 1. The Morgan fingerprint density at radius 2 is 1.17 bits per heavy atom. The maximum absolute atomic E-state index is 13.9. The van der Waals surface area contributed by atoms with Crippen LogP contribution in [0.15, 0.2) is 115 Å². The first-order valence-electron chi connectivity index (χ1n) is 16.3. The van der Waals surface area contributed by atoms with Crippen LogP contribution in [0.4, 0.5) is 5.69 Å². The first kappa shape index (κ1) is 30.7. The number of carbonyl (C=O) groups excluding carboxylic acids is 3. The van der Waals surface area contributed by atoms with Crippen LogP contribution in [0.3, 0.4) is 0 Å². The second-order valence-corrected chi connectivity index (χ2v) is 14.0. The predicted molar refractivity (Wildman–Crippen MR) is 187 cm³/mol. The van der Waals surface area contributed by atoms with E-state index in [1.54, 1.807) is 0 Å². The van der Waals surface area contributed by atoms with Gasteiger partial charge in [-0.25, -0.2) is 0 Å². The Kier molecular flexibility index (Phi) is 7.54. The SMILES string of the molecule is O=C(CCCCCN1C(=O)[C@@H]2[C@H](C1=O)C1(Cl)c3ccccc3C2(Cl)c2ccccc21)Nc1ccc(Oc2ccc3ccccc3c2)cc1.